The second-order valence-corrected chi connectivity index (χ2v) is 10.3. The van der Waals surface area contributed by atoms with E-state index in [1.54, 1.807) is 0 Å². The molecule has 4 aliphatic rings. The highest BCUT2D eigenvalue weighted by molar-refractivity contribution is 5.90. The van der Waals surface area contributed by atoms with Gasteiger partial charge in [-0.3, -0.25) is 14.4 Å². The molecule has 0 unspecified atom stereocenters. The number of esters is 1. The van der Waals surface area contributed by atoms with Crippen molar-refractivity contribution in [2.45, 2.75) is 85.2 Å². The van der Waals surface area contributed by atoms with Gasteiger partial charge in [-0.2, -0.15) is 0 Å². The minimum atomic E-state index is -0.268. The maximum absolute atomic E-state index is 13.3. The molecule has 4 rings (SSSR count). The third kappa shape index (κ3) is 2.29. The van der Waals surface area contributed by atoms with Crippen molar-refractivity contribution in [3.8, 4) is 0 Å². The third-order valence-electron chi connectivity index (χ3n) is 9.11. The van der Waals surface area contributed by atoms with E-state index in [0.29, 0.717) is 30.3 Å². The molecule has 4 fully saturated rings. The second kappa shape index (κ2) is 5.65. The van der Waals surface area contributed by atoms with E-state index in [9.17, 15) is 14.4 Å². The lowest BCUT2D eigenvalue weighted by Gasteiger charge is -2.63. The van der Waals surface area contributed by atoms with Crippen LogP contribution < -0.4 is 0 Å². The molecule has 26 heavy (non-hydrogen) atoms. The van der Waals surface area contributed by atoms with Crippen molar-refractivity contribution in [2.24, 2.45) is 34.0 Å². The Hall–Kier alpha value is -1.19. The number of hydrogen-bond acceptors (Lipinski definition) is 4. The Labute approximate surface area is 156 Å². The molecule has 0 spiro atoms. The van der Waals surface area contributed by atoms with Crippen molar-refractivity contribution in [1.82, 2.24) is 0 Å². The van der Waals surface area contributed by atoms with Crippen molar-refractivity contribution < 1.29 is 19.1 Å². The maximum Gasteiger partial charge on any atom is 0.302 e. The van der Waals surface area contributed by atoms with Crippen LogP contribution in [0, 0.1) is 34.0 Å². The van der Waals surface area contributed by atoms with E-state index in [1.165, 1.54) is 6.92 Å². The Kier molecular flexibility index (Phi) is 3.95. The molecule has 0 aromatic rings. The van der Waals surface area contributed by atoms with Crippen LogP contribution in [0.3, 0.4) is 0 Å². The minimum absolute atomic E-state index is 0.0585. The Morgan fingerprint density at radius 1 is 1.04 bits per heavy atom. The van der Waals surface area contributed by atoms with Gasteiger partial charge in [0.05, 0.1) is 0 Å². The molecule has 144 valence electrons. The maximum atomic E-state index is 13.3. The molecule has 4 aliphatic carbocycles. The van der Waals surface area contributed by atoms with E-state index in [2.05, 4.69) is 20.8 Å². The minimum Gasteiger partial charge on any atom is -0.463 e. The fraction of sp³-hybridized carbons (Fsp3) is 0.864. The van der Waals surface area contributed by atoms with Crippen LogP contribution in [0.2, 0.25) is 0 Å². The van der Waals surface area contributed by atoms with Crippen LogP contribution in [0.5, 0.6) is 0 Å². The molecule has 0 amide bonds. The zero-order chi connectivity index (χ0) is 18.9. The number of carbonyl (C=O) groups is 3. The van der Waals surface area contributed by atoms with Gasteiger partial charge in [-0.05, 0) is 61.2 Å². The normalized spacial score (nSPS) is 50.6. The summed E-state index contributed by atoms with van der Waals surface area (Å²) >= 11 is 0. The van der Waals surface area contributed by atoms with Gasteiger partial charge in [0.15, 0.2) is 0 Å². The summed E-state index contributed by atoms with van der Waals surface area (Å²) in [7, 11) is 0. The quantitative estimate of drug-likeness (QED) is 0.661. The number of ether oxygens (including phenoxy) is 1. The van der Waals surface area contributed by atoms with Crippen LogP contribution >= 0.6 is 0 Å². The van der Waals surface area contributed by atoms with Gasteiger partial charge in [-0.25, -0.2) is 0 Å². The largest absolute Gasteiger partial charge is 0.463 e. The molecule has 0 aliphatic heterocycles. The molecule has 0 aromatic heterocycles. The van der Waals surface area contributed by atoms with Crippen molar-refractivity contribution in [1.29, 1.82) is 0 Å². The lowest BCUT2D eigenvalue weighted by atomic mass is 9.40. The highest BCUT2D eigenvalue weighted by Crippen LogP contribution is 2.68. The first-order valence-electron chi connectivity index (χ1n) is 10.3. The molecule has 0 N–H and O–H groups in total. The average molecular weight is 360 g/mol. The first kappa shape index (κ1) is 18.2. The molecular formula is C22H32O4. The van der Waals surface area contributed by atoms with Gasteiger partial charge in [-0.15, -0.1) is 0 Å². The molecule has 0 aromatic carbocycles. The lowest BCUT2D eigenvalue weighted by Crippen LogP contribution is -2.61. The molecule has 0 radical (unpaired) electrons. The SMILES string of the molecule is CC(=O)O[C@H]1CC[C@@]2(C)[C@@H]3CC[C@@]4(C)C(=O)CC[C@@H]4[C@@H]3C(=O)C[C@@]2(C)C1. The smallest absolute Gasteiger partial charge is 0.302 e. The summed E-state index contributed by atoms with van der Waals surface area (Å²) in [6.07, 6.45) is 6.67. The highest BCUT2D eigenvalue weighted by Gasteiger charge is 2.66. The number of hydrogen-bond donors (Lipinski definition) is 0. The summed E-state index contributed by atoms with van der Waals surface area (Å²) in [5, 5.41) is 0. The summed E-state index contributed by atoms with van der Waals surface area (Å²) < 4.78 is 5.53. The van der Waals surface area contributed by atoms with E-state index >= 15 is 0 Å². The van der Waals surface area contributed by atoms with E-state index < -0.39 is 0 Å². The number of rotatable bonds is 1. The first-order chi connectivity index (χ1) is 12.1. The second-order valence-electron chi connectivity index (χ2n) is 10.3. The summed E-state index contributed by atoms with van der Waals surface area (Å²) in [5.74, 6) is 1.20. The van der Waals surface area contributed by atoms with E-state index in [-0.39, 0.29) is 40.2 Å². The predicted octanol–water partition coefficient (Wildman–Crippen LogP) is 4.10. The van der Waals surface area contributed by atoms with Crippen molar-refractivity contribution in [2.75, 3.05) is 0 Å². The third-order valence-corrected chi connectivity index (χ3v) is 9.11. The van der Waals surface area contributed by atoms with Gasteiger partial charge in [0, 0.05) is 31.1 Å². The molecule has 4 saturated carbocycles. The summed E-state index contributed by atoms with van der Waals surface area (Å²) in [4.78, 5) is 37.3. The molecular weight excluding hydrogens is 328 g/mol. The van der Waals surface area contributed by atoms with Crippen LogP contribution in [-0.4, -0.2) is 23.6 Å². The van der Waals surface area contributed by atoms with Gasteiger partial charge in [0.1, 0.15) is 17.7 Å². The molecule has 7 atom stereocenters. The van der Waals surface area contributed by atoms with Crippen LogP contribution in [0.15, 0.2) is 0 Å². The van der Waals surface area contributed by atoms with Gasteiger partial charge >= 0.3 is 5.97 Å². The summed E-state index contributed by atoms with van der Waals surface area (Å²) in [6.45, 7) is 8.20. The Bertz CT molecular complexity index is 669. The van der Waals surface area contributed by atoms with E-state index in [4.69, 9.17) is 4.74 Å². The van der Waals surface area contributed by atoms with Crippen LogP contribution in [0.1, 0.15) is 79.1 Å². The Morgan fingerprint density at radius 3 is 2.46 bits per heavy atom. The number of ketones is 2. The zero-order valence-electron chi connectivity index (χ0n) is 16.6. The van der Waals surface area contributed by atoms with E-state index in [0.717, 1.165) is 38.5 Å². The number of fused-ring (bicyclic) bond motifs is 5. The Morgan fingerprint density at radius 2 is 1.77 bits per heavy atom. The molecule has 0 heterocycles. The first-order valence-corrected chi connectivity index (χ1v) is 10.3. The zero-order valence-corrected chi connectivity index (χ0v) is 16.6. The van der Waals surface area contributed by atoms with Gasteiger partial charge in [0.2, 0.25) is 0 Å². The summed E-state index contributed by atoms with van der Waals surface area (Å²) in [5.41, 5.74) is -0.287. The fourth-order valence-electron chi connectivity index (χ4n) is 7.42. The lowest BCUT2D eigenvalue weighted by molar-refractivity contribution is -0.185. The van der Waals surface area contributed by atoms with Crippen molar-refractivity contribution in [3.05, 3.63) is 0 Å². The van der Waals surface area contributed by atoms with Crippen molar-refractivity contribution >= 4 is 17.5 Å². The molecule has 4 nitrogen and oxygen atoms in total. The van der Waals surface area contributed by atoms with Crippen LogP contribution in [0.25, 0.3) is 0 Å². The van der Waals surface area contributed by atoms with E-state index in [1.807, 2.05) is 0 Å². The summed E-state index contributed by atoms with van der Waals surface area (Å²) in [6, 6.07) is 0. The highest BCUT2D eigenvalue weighted by atomic mass is 16.5. The topological polar surface area (TPSA) is 60.4 Å². The van der Waals surface area contributed by atoms with Crippen LogP contribution in [-0.2, 0) is 19.1 Å². The average Bonchev–Trinajstić information content (AvgIpc) is 2.84. The van der Waals surface area contributed by atoms with Gasteiger partial charge < -0.3 is 4.74 Å². The predicted molar refractivity (Wildman–Crippen MR) is 97.3 cm³/mol. The standard InChI is InChI=1S/C22H32O4/c1-13(23)26-14-7-10-22(4)16-8-9-21(3)15(5-6-18(21)25)19(16)17(24)12-20(22,2)11-14/h14-16,19H,5-12H2,1-4H3/t14-,15+,16+,19-,20+,21+,22-/m0/s1. The number of carbonyl (C=O) groups excluding carboxylic acids is 3. The monoisotopic (exact) mass is 360 g/mol. The number of Topliss-reactive ketones (excluding diaryl/α,β-unsaturated/α-hetero) is 2. The Balaban J connectivity index is 1.66. The van der Waals surface area contributed by atoms with Crippen LogP contribution in [0.4, 0.5) is 0 Å². The van der Waals surface area contributed by atoms with Gasteiger partial charge in [0.25, 0.3) is 0 Å². The molecule has 0 bridgehead atoms. The fourth-order valence-corrected chi connectivity index (χ4v) is 7.42. The molecule has 0 saturated heterocycles. The van der Waals surface area contributed by atoms with Crippen molar-refractivity contribution in [3.63, 3.8) is 0 Å². The van der Waals surface area contributed by atoms with Gasteiger partial charge in [-0.1, -0.05) is 20.8 Å². The molecule has 4 heteroatoms.